The van der Waals surface area contributed by atoms with Gasteiger partial charge in [0.1, 0.15) is 5.57 Å². The molecule has 0 bridgehead atoms. The van der Waals surface area contributed by atoms with Gasteiger partial charge in [-0.15, -0.1) is 0 Å². The van der Waals surface area contributed by atoms with E-state index in [0.29, 0.717) is 0 Å². The summed E-state index contributed by atoms with van der Waals surface area (Å²) in [5.74, 6) is -0.717. The van der Waals surface area contributed by atoms with E-state index in [2.05, 4.69) is 0 Å². The molecule has 1 atom stereocenters. The van der Waals surface area contributed by atoms with Crippen molar-refractivity contribution in [3.05, 3.63) is 35.8 Å². The Balaban J connectivity index is 2.97. The first kappa shape index (κ1) is 14.2. The van der Waals surface area contributed by atoms with Gasteiger partial charge in [-0.25, -0.2) is 0 Å². The van der Waals surface area contributed by atoms with Crippen LogP contribution in [0.15, 0.2) is 35.8 Å². The molecule has 0 aliphatic carbocycles. The van der Waals surface area contributed by atoms with Gasteiger partial charge in [-0.3, -0.25) is 9.59 Å². The van der Waals surface area contributed by atoms with Crippen molar-refractivity contribution in [1.82, 2.24) is 0 Å². The lowest BCUT2D eigenvalue weighted by molar-refractivity contribution is -0.128. The Labute approximate surface area is 107 Å². The van der Waals surface area contributed by atoms with Crippen LogP contribution in [0.1, 0.15) is 27.2 Å². The lowest BCUT2D eigenvalue weighted by Gasteiger charge is -2.18. The Kier molecular flexibility index (Phi) is 4.48. The zero-order valence-corrected chi connectivity index (χ0v) is 11.1. The number of ketones is 2. The molecule has 1 aliphatic heterocycles. The number of carbonyl (C=O) groups is 2. The molecule has 98 valence electrons. The number of Topliss-reactive ketones (excluding diaryl/α,β-unsaturated/α-hetero) is 2. The van der Waals surface area contributed by atoms with Crippen LogP contribution in [0.25, 0.3) is 0 Å². The van der Waals surface area contributed by atoms with Crippen molar-refractivity contribution in [1.29, 1.82) is 0 Å². The van der Waals surface area contributed by atoms with Crippen LogP contribution in [0.5, 0.6) is 0 Å². The molecular formula is C14H18O4. The number of ether oxygens (including phenoxy) is 2. The highest BCUT2D eigenvalue weighted by Crippen LogP contribution is 2.32. The molecule has 4 heteroatoms. The summed E-state index contributed by atoms with van der Waals surface area (Å²) in [5.41, 5.74) is -1.17. The van der Waals surface area contributed by atoms with Crippen molar-refractivity contribution >= 4 is 11.6 Å². The van der Waals surface area contributed by atoms with Gasteiger partial charge in [-0.2, -0.15) is 0 Å². The van der Waals surface area contributed by atoms with Crippen LogP contribution in [-0.4, -0.2) is 24.3 Å². The molecule has 1 rings (SSSR count). The van der Waals surface area contributed by atoms with E-state index in [-0.39, 0.29) is 23.1 Å². The fourth-order valence-corrected chi connectivity index (χ4v) is 1.64. The van der Waals surface area contributed by atoms with Crippen LogP contribution in [0, 0.1) is 0 Å². The molecule has 0 aromatic rings. The summed E-state index contributed by atoms with van der Waals surface area (Å²) in [6.07, 6.45) is 8.06. The fourth-order valence-electron chi connectivity index (χ4n) is 1.64. The topological polar surface area (TPSA) is 52.6 Å². The van der Waals surface area contributed by atoms with Crippen molar-refractivity contribution in [2.45, 2.75) is 32.8 Å². The highest BCUT2D eigenvalue weighted by atomic mass is 16.7. The Bertz CT molecular complexity index is 443. The maximum Gasteiger partial charge on any atom is 0.295 e. The summed E-state index contributed by atoms with van der Waals surface area (Å²) in [6, 6.07) is 0. The second kappa shape index (κ2) is 5.67. The molecule has 18 heavy (non-hydrogen) atoms. The monoisotopic (exact) mass is 250 g/mol. The van der Waals surface area contributed by atoms with Crippen LogP contribution >= 0.6 is 0 Å². The second-order valence-corrected chi connectivity index (χ2v) is 4.16. The minimum Gasteiger partial charge on any atom is -0.468 e. The van der Waals surface area contributed by atoms with Gasteiger partial charge in [0, 0.05) is 0 Å². The number of hydrogen-bond acceptors (Lipinski definition) is 4. The van der Waals surface area contributed by atoms with Crippen molar-refractivity contribution < 1.29 is 19.1 Å². The van der Waals surface area contributed by atoms with Gasteiger partial charge in [-0.1, -0.05) is 25.2 Å². The molecule has 0 radical (unpaired) electrons. The van der Waals surface area contributed by atoms with E-state index in [1.165, 1.54) is 14.0 Å². The molecule has 0 aromatic heterocycles. The van der Waals surface area contributed by atoms with Crippen molar-refractivity contribution in [2.24, 2.45) is 0 Å². The van der Waals surface area contributed by atoms with Gasteiger partial charge < -0.3 is 9.47 Å². The first-order chi connectivity index (χ1) is 8.46. The first-order valence-corrected chi connectivity index (χ1v) is 5.83. The maximum absolute atomic E-state index is 12.1. The van der Waals surface area contributed by atoms with Gasteiger partial charge in [0.15, 0.2) is 11.4 Å². The SMILES string of the molecule is CC/C=C/C=C/C1(C)OC(OC)=C(C(C)=O)C1=O. The molecule has 0 saturated heterocycles. The van der Waals surface area contributed by atoms with E-state index in [1.54, 1.807) is 19.1 Å². The maximum atomic E-state index is 12.1. The smallest absolute Gasteiger partial charge is 0.295 e. The number of rotatable bonds is 5. The van der Waals surface area contributed by atoms with E-state index in [0.717, 1.165) is 6.42 Å². The van der Waals surface area contributed by atoms with Gasteiger partial charge in [0.25, 0.3) is 5.95 Å². The zero-order valence-electron chi connectivity index (χ0n) is 11.1. The summed E-state index contributed by atoms with van der Waals surface area (Å²) in [5, 5.41) is 0. The molecular weight excluding hydrogens is 232 g/mol. The third-order valence-electron chi connectivity index (χ3n) is 2.62. The largest absolute Gasteiger partial charge is 0.468 e. The predicted molar refractivity (Wildman–Crippen MR) is 67.8 cm³/mol. The summed E-state index contributed by atoms with van der Waals surface area (Å²) in [7, 11) is 1.37. The van der Waals surface area contributed by atoms with Gasteiger partial charge >= 0.3 is 0 Å². The van der Waals surface area contributed by atoms with Crippen molar-refractivity contribution in [2.75, 3.05) is 7.11 Å². The quantitative estimate of drug-likeness (QED) is 0.555. The van der Waals surface area contributed by atoms with E-state index < -0.39 is 5.60 Å². The first-order valence-electron chi connectivity index (χ1n) is 5.83. The lowest BCUT2D eigenvalue weighted by Crippen LogP contribution is -2.32. The highest BCUT2D eigenvalue weighted by molar-refractivity contribution is 6.24. The zero-order chi connectivity index (χ0) is 13.8. The summed E-state index contributed by atoms with van der Waals surface area (Å²) >= 11 is 0. The van der Waals surface area contributed by atoms with E-state index >= 15 is 0 Å². The molecule has 0 spiro atoms. The van der Waals surface area contributed by atoms with Crippen LogP contribution in [-0.2, 0) is 19.1 Å². The van der Waals surface area contributed by atoms with Crippen molar-refractivity contribution in [3.63, 3.8) is 0 Å². The van der Waals surface area contributed by atoms with Crippen LogP contribution in [0.4, 0.5) is 0 Å². The summed E-state index contributed by atoms with van der Waals surface area (Å²) in [4.78, 5) is 23.6. The predicted octanol–water partition coefficient (Wildman–Crippen LogP) is 2.31. The minimum absolute atomic E-state index is 0.000814. The fraction of sp³-hybridized carbons (Fsp3) is 0.429. The average Bonchev–Trinajstić information content (AvgIpc) is 2.58. The number of hydrogen-bond donors (Lipinski definition) is 0. The van der Waals surface area contributed by atoms with Crippen LogP contribution in [0.3, 0.4) is 0 Å². The van der Waals surface area contributed by atoms with Crippen LogP contribution < -0.4 is 0 Å². The highest BCUT2D eigenvalue weighted by Gasteiger charge is 2.46. The number of carbonyl (C=O) groups excluding carboxylic acids is 2. The third-order valence-corrected chi connectivity index (χ3v) is 2.62. The van der Waals surface area contributed by atoms with Gasteiger partial charge in [0.2, 0.25) is 5.78 Å². The minimum atomic E-state index is -1.16. The number of allylic oxidation sites excluding steroid dienone is 3. The second-order valence-electron chi connectivity index (χ2n) is 4.16. The third kappa shape index (κ3) is 2.70. The molecule has 0 aromatic carbocycles. The Hall–Kier alpha value is -1.84. The normalized spacial score (nSPS) is 24.1. The average molecular weight is 250 g/mol. The molecule has 0 amide bonds. The van der Waals surface area contributed by atoms with E-state index in [4.69, 9.17) is 9.47 Å². The summed E-state index contributed by atoms with van der Waals surface area (Å²) < 4.78 is 10.4. The molecule has 0 saturated carbocycles. The molecule has 1 heterocycles. The van der Waals surface area contributed by atoms with Crippen molar-refractivity contribution in [3.8, 4) is 0 Å². The molecule has 0 N–H and O–H groups in total. The Morgan fingerprint density at radius 2 is 2.11 bits per heavy atom. The van der Waals surface area contributed by atoms with Crippen LogP contribution in [0.2, 0.25) is 0 Å². The number of methoxy groups -OCH3 is 1. The van der Waals surface area contributed by atoms with Gasteiger partial charge in [-0.05, 0) is 26.3 Å². The van der Waals surface area contributed by atoms with E-state index in [9.17, 15) is 9.59 Å². The summed E-state index contributed by atoms with van der Waals surface area (Å²) in [6.45, 7) is 4.95. The Morgan fingerprint density at radius 3 is 2.56 bits per heavy atom. The molecule has 0 fully saturated rings. The standard InChI is InChI=1S/C14H18O4/c1-5-6-7-8-9-14(3)12(16)11(10(2)15)13(17-4)18-14/h6-9H,5H2,1-4H3/b7-6+,9-8+. The molecule has 4 nitrogen and oxygen atoms in total. The Morgan fingerprint density at radius 1 is 1.44 bits per heavy atom. The van der Waals surface area contributed by atoms with Gasteiger partial charge in [0.05, 0.1) is 7.11 Å². The molecule has 1 unspecified atom stereocenters. The van der Waals surface area contributed by atoms with E-state index in [1.807, 2.05) is 19.1 Å². The lowest BCUT2D eigenvalue weighted by atomic mass is 9.95. The molecule has 1 aliphatic rings.